The van der Waals surface area contributed by atoms with E-state index >= 15 is 0 Å². The molecule has 1 amide bonds. The van der Waals surface area contributed by atoms with E-state index in [4.69, 9.17) is 18.6 Å². The van der Waals surface area contributed by atoms with Gasteiger partial charge < -0.3 is 23.9 Å². The molecule has 0 aliphatic carbocycles. The monoisotopic (exact) mass is 502 g/mol. The van der Waals surface area contributed by atoms with E-state index in [1.807, 2.05) is 30.3 Å². The van der Waals surface area contributed by atoms with E-state index in [1.54, 1.807) is 37.3 Å². The topological polar surface area (TPSA) is 111 Å². The summed E-state index contributed by atoms with van der Waals surface area (Å²) in [5.74, 6) is 0.998. The van der Waals surface area contributed by atoms with E-state index in [0.717, 1.165) is 12.2 Å². The number of furan rings is 1. The van der Waals surface area contributed by atoms with Gasteiger partial charge in [-0.1, -0.05) is 25.1 Å². The van der Waals surface area contributed by atoms with Crippen molar-refractivity contribution in [2.75, 3.05) is 13.2 Å². The number of nitrogens with one attached hydrogen (secondary N) is 1. The zero-order valence-electron chi connectivity index (χ0n) is 21.0. The van der Waals surface area contributed by atoms with Gasteiger partial charge in [0.2, 0.25) is 0 Å². The molecular formula is C29H30N2O6. The highest BCUT2D eigenvalue weighted by molar-refractivity contribution is 6.01. The number of rotatable bonds is 13. The van der Waals surface area contributed by atoms with Crippen molar-refractivity contribution in [1.29, 1.82) is 5.26 Å². The molecule has 192 valence electrons. The number of nitriles is 1. The molecule has 0 bridgehead atoms. The van der Waals surface area contributed by atoms with Gasteiger partial charge in [-0.15, -0.1) is 0 Å². The summed E-state index contributed by atoms with van der Waals surface area (Å²) in [5, 5.41) is 12.1. The van der Waals surface area contributed by atoms with Crippen molar-refractivity contribution >= 4 is 18.0 Å². The van der Waals surface area contributed by atoms with Crippen LogP contribution in [0.2, 0.25) is 0 Å². The lowest BCUT2D eigenvalue weighted by Crippen LogP contribution is -2.23. The van der Waals surface area contributed by atoms with Gasteiger partial charge in [0.1, 0.15) is 23.2 Å². The molecule has 0 radical (unpaired) electrons. The Kier molecular flexibility index (Phi) is 10.4. The summed E-state index contributed by atoms with van der Waals surface area (Å²) in [4.78, 5) is 24.8. The van der Waals surface area contributed by atoms with Crippen LogP contribution in [0.3, 0.4) is 0 Å². The van der Waals surface area contributed by atoms with E-state index < -0.39 is 11.9 Å². The molecule has 0 spiro atoms. The Bertz CT molecular complexity index is 1240. The highest BCUT2D eigenvalue weighted by Gasteiger charge is 2.14. The molecule has 8 nitrogen and oxygen atoms in total. The number of aryl methyl sites for hydroxylation is 1. The maximum Gasteiger partial charge on any atom is 0.311 e. The van der Waals surface area contributed by atoms with Gasteiger partial charge in [-0.25, -0.2) is 0 Å². The third kappa shape index (κ3) is 8.58. The highest BCUT2D eigenvalue weighted by Crippen LogP contribution is 2.30. The van der Waals surface area contributed by atoms with Crippen LogP contribution < -0.4 is 19.5 Å². The molecule has 0 atom stereocenters. The number of nitrogens with zero attached hydrogens (tertiary/aromatic N) is 1. The Morgan fingerprint density at radius 2 is 1.86 bits per heavy atom. The molecule has 8 heteroatoms. The first-order valence-corrected chi connectivity index (χ1v) is 12.1. The van der Waals surface area contributed by atoms with Gasteiger partial charge in [0.15, 0.2) is 11.5 Å². The smallest absolute Gasteiger partial charge is 0.311 e. The number of hydrogen-bond donors (Lipinski definition) is 1. The van der Waals surface area contributed by atoms with Crippen LogP contribution in [0, 0.1) is 11.3 Å². The Hall–Kier alpha value is -4.51. The van der Waals surface area contributed by atoms with Crippen LogP contribution in [0.5, 0.6) is 17.2 Å². The summed E-state index contributed by atoms with van der Waals surface area (Å²) in [7, 11) is 0. The Morgan fingerprint density at radius 3 is 2.54 bits per heavy atom. The summed E-state index contributed by atoms with van der Waals surface area (Å²) in [6.45, 7) is 4.80. The number of amides is 1. The van der Waals surface area contributed by atoms with E-state index in [2.05, 4.69) is 12.2 Å². The summed E-state index contributed by atoms with van der Waals surface area (Å²) in [6.07, 6.45) is 4.59. The fraction of sp³-hybridized carbons (Fsp3) is 0.276. The minimum Gasteiger partial charge on any atom is -0.494 e. The van der Waals surface area contributed by atoms with Crippen LogP contribution in [-0.2, 0) is 22.6 Å². The van der Waals surface area contributed by atoms with Crippen molar-refractivity contribution < 1.29 is 28.2 Å². The summed E-state index contributed by atoms with van der Waals surface area (Å²) < 4.78 is 22.0. The van der Waals surface area contributed by atoms with Crippen LogP contribution in [-0.4, -0.2) is 25.1 Å². The van der Waals surface area contributed by atoms with Gasteiger partial charge in [-0.05, 0) is 73.4 Å². The maximum absolute atomic E-state index is 12.4. The fourth-order valence-corrected chi connectivity index (χ4v) is 3.36. The molecule has 0 fully saturated rings. The average molecular weight is 503 g/mol. The van der Waals surface area contributed by atoms with Crippen molar-refractivity contribution in [1.82, 2.24) is 5.32 Å². The minimum absolute atomic E-state index is 0.0805. The van der Waals surface area contributed by atoms with Crippen molar-refractivity contribution in [3.05, 3.63) is 83.3 Å². The molecule has 1 heterocycles. The van der Waals surface area contributed by atoms with Crippen molar-refractivity contribution in [3.8, 4) is 23.3 Å². The van der Waals surface area contributed by atoms with Crippen LogP contribution in [0.4, 0.5) is 0 Å². The molecule has 37 heavy (non-hydrogen) atoms. The lowest BCUT2D eigenvalue weighted by Gasteiger charge is -2.12. The number of carbonyl (C=O) groups excluding carboxylic acids is 2. The molecule has 1 aromatic heterocycles. The largest absolute Gasteiger partial charge is 0.494 e. The van der Waals surface area contributed by atoms with Crippen LogP contribution >= 0.6 is 0 Å². The Morgan fingerprint density at radius 1 is 1.05 bits per heavy atom. The number of ether oxygens (including phenoxy) is 3. The predicted octanol–water partition coefficient (Wildman–Crippen LogP) is 5.23. The molecule has 3 aromatic rings. The Balaban J connectivity index is 1.56. The molecular weight excluding hydrogens is 472 g/mol. The van der Waals surface area contributed by atoms with Gasteiger partial charge in [0.25, 0.3) is 5.91 Å². The predicted molar refractivity (Wildman–Crippen MR) is 138 cm³/mol. The maximum atomic E-state index is 12.4. The van der Waals surface area contributed by atoms with Crippen molar-refractivity contribution in [2.24, 2.45) is 0 Å². The third-order valence-corrected chi connectivity index (χ3v) is 5.30. The third-order valence-electron chi connectivity index (χ3n) is 5.30. The highest BCUT2D eigenvalue weighted by atomic mass is 16.6. The van der Waals surface area contributed by atoms with Gasteiger partial charge in [0, 0.05) is 6.42 Å². The SMILES string of the molecule is CCOc1cc(/C=C(\C#N)C(=O)NCc2ccco2)ccc1OC(=O)CCCOc1ccc(CC)cc1. The average Bonchev–Trinajstić information content (AvgIpc) is 3.44. The molecule has 2 aromatic carbocycles. The van der Waals surface area contributed by atoms with Crippen LogP contribution in [0.1, 0.15) is 43.6 Å². The number of benzene rings is 2. The number of esters is 1. The van der Waals surface area contributed by atoms with E-state index in [-0.39, 0.29) is 24.3 Å². The van der Waals surface area contributed by atoms with Gasteiger partial charge in [-0.2, -0.15) is 5.26 Å². The van der Waals surface area contributed by atoms with E-state index in [0.29, 0.717) is 36.7 Å². The normalized spacial score (nSPS) is 10.9. The van der Waals surface area contributed by atoms with Crippen molar-refractivity contribution in [3.63, 3.8) is 0 Å². The second kappa shape index (κ2) is 14.1. The minimum atomic E-state index is -0.532. The lowest BCUT2D eigenvalue weighted by atomic mass is 10.1. The summed E-state index contributed by atoms with van der Waals surface area (Å²) in [6, 6.07) is 18.1. The standard InChI is InChI=1S/C29H30N2O6/c1-3-21-9-12-24(13-10-21)35-16-6-8-28(32)37-26-14-11-22(18-27(26)34-4-2)17-23(19-30)29(33)31-20-25-7-5-15-36-25/h5,7,9-15,17-18H,3-4,6,8,16,20H2,1-2H3,(H,31,33)/b23-17+. The van der Waals surface area contributed by atoms with Gasteiger partial charge in [0.05, 0.1) is 26.0 Å². The molecule has 0 unspecified atom stereocenters. The zero-order valence-corrected chi connectivity index (χ0v) is 21.0. The summed E-state index contributed by atoms with van der Waals surface area (Å²) >= 11 is 0. The first-order chi connectivity index (χ1) is 18.0. The van der Waals surface area contributed by atoms with Crippen molar-refractivity contribution in [2.45, 2.75) is 39.7 Å². The zero-order chi connectivity index (χ0) is 26.5. The van der Waals surface area contributed by atoms with E-state index in [1.165, 1.54) is 17.9 Å². The van der Waals surface area contributed by atoms with Gasteiger partial charge in [-0.3, -0.25) is 9.59 Å². The molecule has 0 aliphatic rings. The Labute approximate surface area is 216 Å². The second-order valence-corrected chi connectivity index (χ2v) is 7.99. The van der Waals surface area contributed by atoms with Crippen LogP contribution in [0.15, 0.2) is 70.9 Å². The fourth-order valence-electron chi connectivity index (χ4n) is 3.36. The van der Waals surface area contributed by atoms with E-state index in [9.17, 15) is 14.9 Å². The molecule has 0 saturated carbocycles. The molecule has 0 aliphatic heterocycles. The number of hydrogen-bond acceptors (Lipinski definition) is 7. The molecule has 3 rings (SSSR count). The van der Waals surface area contributed by atoms with Gasteiger partial charge >= 0.3 is 5.97 Å². The second-order valence-electron chi connectivity index (χ2n) is 7.99. The molecule has 1 N–H and O–H groups in total. The quantitative estimate of drug-likeness (QED) is 0.112. The molecule has 0 saturated heterocycles. The number of carbonyl (C=O) groups is 2. The first-order valence-electron chi connectivity index (χ1n) is 12.1. The summed E-state index contributed by atoms with van der Waals surface area (Å²) in [5.41, 5.74) is 1.71. The first kappa shape index (κ1) is 27.1. The lowest BCUT2D eigenvalue weighted by molar-refractivity contribution is -0.134. The van der Waals surface area contributed by atoms with Crippen LogP contribution in [0.25, 0.3) is 6.08 Å².